The SMILES string of the molecule is CN(CC(=O)NCc1ccc(Cl)cc1)S(=O)(=O)N1CC[C@H]2[C@H]1CC(=O)N2Cc1nc2ccccc2s1. The lowest BCUT2D eigenvalue weighted by Gasteiger charge is -2.28. The van der Waals surface area contributed by atoms with Gasteiger partial charge in [0.15, 0.2) is 0 Å². The Hall–Kier alpha value is -2.57. The summed E-state index contributed by atoms with van der Waals surface area (Å²) in [6.45, 7) is 0.634. The van der Waals surface area contributed by atoms with E-state index in [9.17, 15) is 18.0 Å². The average Bonchev–Trinajstić information content (AvgIpc) is 3.53. The minimum atomic E-state index is -3.92. The van der Waals surface area contributed by atoms with Crippen molar-refractivity contribution in [2.45, 2.75) is 38.0 Å². The lowest BCUT2D eigenvalue weighted by molar-refractivity contribution is -0.129. The zero-order valence-electron chi connectivity index (χ0n) is 19.6. The first-order valence-corrected chi connectivity index (χ1v) is 14.2. The number of nitrogens with zero attached hydrogens (tertiary/aromatic N) is 4. The Bertz CT molecular complexity index is 1360. The number of hydrogen-bond donors (Lipinski definition) is 1. The van der Waals surface area contributed by atoms with Gasteiger partial charge in [0.05, 0.1) is 35.4 Å². The van der Waals surface area contributed by atoms with Gasteiger partial charge in [0.2, 0.25) is 11.8 Å². The number of benzene rings is 2. The number of likely N-dealkylation sites (N-methyl/N-ethyl adjacent to an activating group) is 1. The van der Waals surface area contributed by atoms with E-state index in [4.69, 9.17) is 11.6 Å². The van der Waals surface area contributed by atoms with Crippen LogP contribution in [0.25, 0.3) is 10.2 Å². The molecule has 2 aliphatic heterocycles. The van der Waals surface area contributed by atoms with Gasteiger partial charge in [-0.05, 0) is 36.2 Å². The van der Waals surface area contributed by atoms with Crippen LogP contribution in [-0.2, 0) is 32.9 Å². The third-order valence-electron chi connectivity index (χ3n) is 6.67. The molecule has 2 saturated heterocycles. The van der Waals surface area contributed by atoms with Crippen molar-refractivity contribution < 1.29 is 18.0 Å². The smallest absolute Gasteiger partial charge is 0.282 e. The molecular formula is C24H26ClN5O4S2. The molecule has 190 valence electrons. The van der Waals surface area contributed by atoms with Gasteiger partial charge in [-0.3, -0.25) is 9.59 Å². The summed E-state index contributed by atoms with van der Waals surface area (Å²) in [6, 6.07) is 14.2. The Kier molecular flexibility index (Phi) is 7.01. The van der Waals surface area contributed by atoms with Crippen LogP contribution in [0.3, 0.4) is 0 Å². The molecule has 1 aromatic heterocycles. The fourth-order valence-corrected chi connectivity index (χ4v) is 7.46. The molecule has 3 heterocycles. The second-order valence-electron chi connectivity index (χ2n) is 9.00. The Labute approximate surface area is 218 Å². The van der Waals surface area contributed by atoms with Gasteiger partial charge in [0.1, 0.15) is 5.01 Å². The number of thiazole rings is 1. The van der Waals surface area contributed by atoms with Crippen LogP contribution >= 0.6 is 22.9 Å². The van der Waals surface area contributed by atoms with Gasteiger partial charge in [0, 0.05) is 31.6 Å². The van der Waals surface area contributed by atoms with Crippen LogP contribution in [-0.4, -0.2) is 70.9 Å². The van der Waals surface area contributed by atoms with Crippen molar-refractivity contribution in [1.82, 2.24) is 23.8 Å². The maximum absolute atomic E-state index is 13.3. The lowest BCUT2D eigenvalue weighted by Crippen LogP contribution is -2.48. The number of nitrogens with one attached hydrogen (secondary N) is 1. The molecule has 0 saturated carbocycles. The first-order chi connectivity index (χ1) is 17.2. The molecule has 9 nitrogen and oxygen atoms in total. The maximum atomic E-state index is 13.3. The molecule has 0 aliphatic carbocycles. The number of carbonyl (C=O) groups excluding carboxylic acids is 2. The van der Waals surface area contributed by atoms with E-state index >= 15 is 0 Å². The molecule has 1 N–H and O–H groups in total. The van der Waals surface area contributed by atoms with E-state index in [0.717, 1.165) is 25.1 Å². The molecule has 5 rings (SSSR count). The van der Waals surface area contributed by atoms with Crippen LogP contribution in [0.15, 0.2) is 48.5 Å². The lowest BCUT2D eigenvalue weighted by atomic mass is 10.1. The second-order valence-corrected chi connectivity index (χ2v) is 12.5. The third-order valence-corrected chi connectivity index (χ3v) is 9.90. The summed E-state index contributed by atoms with van der Waals surface area (Å²) >= 11 is 7.42. The molecular weight excluding hydrogens is 522 g/mol. The van der Waals surface area contributed by atoms with Gasteiger partial charge in [0.25, 0.3) is 10.2 Å². The van der Waals surface area contributed by atoms with E-state index in [1.165, 1.54) is 11.4 Å². The number of hydrogen-bond acceptors (Lipinski definition) is 6. The number of fused-ring (bicyclic) bond motifs is 2. The zero-order valence-corrected chi connectivity index (χ0v) is 22.0. The first kappa shape index (κ1) is 25.1. The van der Waals surface area contributed by atoms with Gasteiger partial charge >= 0.3 is 0 Å². The minimum absolute atomic E-state index is 0.0764. The Morgan fingerprint density at radius 3 is 2.69 bits per heavy atom. The fraction of sp³-hybridized carbons (Fsp3) is 0.375. The summed E-state index contributed by atoms with van der Waals surface area (Å²) in [6.07, 6.45) is 0.683. The number of carbonyl (C=O) groups is 2. The standard InChI is InChI=1S/C24H26ClN5O4S2/c1-28(14-22(31)26-13-16-6-8-17(25)9-7-16)36(33,34)30-11-10-19-20(30)12-24(32)29(19)15-23-27-18-4-2-3-5-21(18)35-23/h2-9,19-20H,10-15H2,1H3,(H,26,31)/t19-,20+/m0/s1. The van der Waals surface area contributed by atoms with Crippen LogP contribution < -0.4 is 5.32 Å². The summed E-state index contributed by atoms with van der Waals surface area (Å²) in [5.41, 5.74) is 1.76. The number of aromatic nitrogens is 1. The summed E-state index contributed by atoms with van der Waals surface area (Å²) in [4.78, 5) is 31.7. The van der Waals surface area contributed by atoms with Crippen molar-refractivity contribution in [3.63, 3.8) is 0 Å². The van der Waals surface area contributed by atoms with E-state index in [1.54, 1.807) is 40.5 Å². The fourth-order valence-electron chi connectivity index (χ4n) is 4.84. The molecule has 0 bridgehead atoms. The molecule has 0 spiro atoms. The van der Waals surface area contributed by atoms with Crippen molar-refractivity contribution in [3.8, 4) is 0 Å². The first-order valence-electron chi connectivity index (χ1n) is 11.6. The normalized spacial score (nSPS) is 20.4. The summed E-state index contributed by atoms with van der Waals surface area (Å²) in [5.74, 6) is -0.487. The minimum Gasteiger partial charge on any atom is -0.351 e. The van der Waals surface area contributed by atoms with Crippen LogP contribution in [0.4, 0.5) is 0 Å². The average molecular weight is 548 g/mol. The quantitative estimate of drug-likeness (QED) is 0.467. The Morgan fingerprint density at radius 2 is 1.94 bits per heavy atom. The second kappa shape index (κ2) is 10.1. The highest BCUT2D eigenvalue weighted by Crippen LogP contribution is 2.36. The molecule has 0 unspecified atom stereocenters. The van der Waals surface area contributed by atoms with E-state index in [1.807, 2.05) is 24.3 Å². The highest BCUT2D eigenvalue weighted by molar-refractivity contribution is 7.86. The van der Waals surface area contributed by atoms with Gasteiger partial charge in [-0.15, -0.1) is 11.3 Å². The molecule has 36 heavy (non-hydrogen) atoms. The highest BCUT2D eigenvalue weighted by atomic mass is 35.5. The molecule has 2 atom stereocenters. The molecule has 2 amide bonds. The molecule has 2 fully saturated rings. The maximum Gasteiger partial charge on any atom is 0.282 e. The topological polar surface area (TPSA) is 103 Å². The van der Waals surface area contributed by atoms with E-state index in [-0.39, 0.29) is 31.5 Å². The van der Waals surface area contributed by atoms with Gasteiger partial charge in [-0.25, -0.2) is 4.98 Å². The monoisotopic (exact) mass is 547 g/mol. The molecule has 0 radical (unpaired) electrons. The van der Waals surface area contributed by atoms with Gasteiger partial charge in [-0.2, -0.15) is 17.0 Å². The van der Waals surface area contributed by atoms with E-state index in [0.29, 0.717) is 24.5 Å². The Balaban J connectivity index is 1.21. The largest absolute Gasteiger partial charge is 0.351 e. The summed E-state index contributed by atoms with van der Waals surface area (Å²) in [7, 11) is -2.53. The van der Waals surface area contributed by atoms with E-state index in [2.05, 4.69) is 10.3 Å². The number of para-hydroxylation sites is 1. The number of halogens is 1. The van der Waals surface area contributed by atoms with Crippen molar-refractivity contribution in [1.29, 1.82) is 0 Å². The van der Waals surface area contributed by atoms with Crippen molar-refractivity contribution in [3.05, 3.63) is 64.1 Å². The van der Waals surface area contributed by atoms with Gasteiger partial charge < -0.3 is 10.2 Å². The number of rotatable bonds is 8. The van der Waals surface area contributed by atoms with Gasteiger partial charge in [-0.1, -0.05) is 35.9 Å². The van der Waals surface area contributed by atoms with Crippen molar-refractivity contribution in [2.24, 2.45) is 0 Å². The van der Waals surface area contributed by atoms with Crippen LogP contribution in [0.1, 0.15) is 23.4 Å². The Morgan fingerprint density at radius 1 is 1.19 bits per heavy atom. The molecule has 2 aliphatic rings. The van der Waals surface area contributed by atoms with Crippen LogP contribution in [0.2, 0.25) is 5.02 Å². The predicted molar refractivity (Wildman–Crippen MR) is 139 cm³/mol. The van der Waals surface area contributed by atoms with Crippen LogP contribution in [0, 0.1) is 0 Å². The third kappa shape index (κ3) is 4.98. The molecule has 2 aromatic carbocycles. The van der Waals surface area contributed by atoms with Crippen LogP contribution in [0.5, 0.6) is 0 Å². The summed E-state index contributed by atoms with van der Waals surface area (Å²) in [5, 5.41) is 4.17. The molecule has 3 aromatic rings. The summed E-state index contributed by atoms with van der Waals surface area (Å²) < 4.78 is 30.1. The van der Waals surface area contributed by atoms with E-state index < -0.39 is 22.2 Å². The number of likely N-dealkylation sites (tertiary alicyclic amines) is 1. The zero-order chi connectivity index (χ0) is 25.4. The number of amides is 2. The predicted octanol–water partition coefficient (Wildman–Crippen LogP) is 2.62. The molecule has 12 heteroatoms. The highest BCUT2D eigenvalue weighted by Gasteiger charge is 2.51. The van der Waals surface area contributed by atoms with Crippen molar-refractivity contribution in [2.75, 3.05) is 20.1 Å². The van der Waals surface area contributed by atoms with Crippen molar-refractivity contribution >= 4 is 55.2 Å².